The van der Waals surface area contributed by atoms with Gasteiger partial charge in [0.2, 0.25) is 0 Å². The molecule has 2 aromatic carbocycles. The van der Waals surface area contributed by atoms with Crippen LogP contribution in [-0.4, -0.2) is 40.5 Å². The summed E-state index contributed by atoms with van der Waals surface area (Å²) in [5, 5.41) is 11.8. The number of aromatic nitrogens is 1. The number of nitrogens with zero attached hydrogens (tertiary/aromatic N) is 2. The van der Waals surface area contributed by atoms with Gasteiger partial charge in [-0.1, -0.05) is 35.1 Å². The molecule has 1 unspecified atom stereocenters. The number of aliphatic hydroxyl groups is 1. The van der Waals surface area contributed by atoms with Crippen LogP contribution in [0.15, 0.2) is 54.1 Å². The molecule has 0 bridgehead atoms. The predicted octanol–water partition coefficient (Wildman–Crippen LogP) is 5.70. The first-order chi connectivity index (χ1) is 17.6. The number of hydrogen-bond donors (Lipinski definition) is 1. The molecule has 0 saturated carbocycles. The Morgan fingerprint density at radius 2 is 1.89 bits per heavy atom. The number of anilines is 1. The van der Waals surface area contributed by atoms with Gasteiger partial charge in [0.05, 0.1) is 30.0 Å². The van der Waals surface area contributed by atoms with Crippen LogP contribution in [0, 0.1) is 6.92 Å². The van der Waals surface area contributed by atoms with Crippen LogP contribution >= 0.6 is 22.9 Å². The molecule has 10 heteroatoms. The van der Waals surface area contributed by atoms with Gasteiger partial charge in [-0.15, -0.1) is 0 Å². The molecular weight excluding hydrogens is 516 g/mol. The van der Waals surface area contributed by atoms with Crippen molar-refractivity contribution in [3.8, 4) is 5.75 Å². The highest BCUT2D eigenvalue weighted by atomic mass is 35.5. The van der Waals surface area contributed by atoms with Crippen LogP contribution in [0.1, 0.15) is 53.3 Å². The molecule has 1 saturated heterocycles. The van der Waals surface area contributed by atoms with Crippen LogP contribution in [-0.2, 0) is 14.3 Å². The lowest BCUT2D eigenvalue weighted by Crippen LogP contribution is -2.29. The number of ketones is 1. The summed E-state index contributed by atoms with van der Waals surface area (Å²) in [6.45, 7) is 7.29. The van der Waals surface area contributed by atoms with Crippen molar-refractivity contribution in [1.82, 2.24) is 4.98 Å². The molecular formula is C27H25ClN2O6S. The summed E-state index contributed by atoms with van der Waals surface area (Å²) in [5.41, 5.74) is 1.09. The van der Waals surface area contributed by atoms with Gasteiger partial charge in [-0.05, 0) is 69.7 Å². The first-order valence-electron chi connectivity index (χ1n) is 11.6. The number of thiazole rings is 1. The lowest BCUT2D eigenvalue weighted by molar-refractivity contribution is -0.132. The topological polar surface area (TPSA) is 106 Å². The van der Waals surface area contributed by atoms with Gasteiger partial charge in [0.25, 0.3) is 5.78 Å². The van der Waals surface area contributed by atoms with Gasteiger partial charge in [0.15, 0.2) is 5.13 Å². The van der Waals surface area contributed by atoms with E-state index in [2.05, 4.69) is 4.98 Å². The molecule has 1 fully saturated rings. The molecule has 37 heavy (non-hydrogen) atoms. The van der Waals surface area contributed by atoms with E-state index in [4.69, 9.17) is 21.1 Å². The van der Waals surface area contributed by atoms with Gasteiger partial charge >= 0.3 is 11.9 Å². The number of carbonyl (C=O) groups excluding carboxylic acids is 3. The zero-order chi connectivity index (χ0) is 26.9. The molecule has 1 aliphatic heterocycles. The zero-order valence-corrected chi connectivity index (χ0v) is 22.2. The Balaban J connectivity index is 1.86. The Morgan fingerprint density at radius 1 is 1.19 bits per heavy atom. The van der Waals surface area contributed by atoms with Crippen molar-refractivity contribution in [3.05, 3.63) is 80.8 Å². The first-order valence-corrected chi connectivity index (χ1v) is 12.8. The number of hydrogen-bond acceptors (Lipinski definition) is 8. The van der Waals surface area contributed by atoms with E-state index in [1.54, 1.807) is 62.4 Å². The van der Waals surface area contributed by atoms with E-state index >= 15 is 0 Å². The number of ether oxygens (including phenoxy) is 2. The van der Waals surface area contributed by atoms with E-state index in [9.17, 15) is 19.5 Å². The average Bonchev–Trinajstić information content (AvgIpc) is 3.36. The van der Waals surface area contributed by atoms with Crippen molar-refractivity contribution in [1.29, 1.82) is 0 Å². The molecule has 1 aromatic heterocycles. The fourth-order valence-electron chi connectivity index (χ4n) is 4.01. The third kappa shape index (κ3) is 5.23. The molecule has 2 heterocycles. The molecule has 0 aliphatic carbocycles. The van der Waals surface area contributed by atoms with Crippen LogP contribution in [0.3, 0.4) is 0 Å². The Hall–Kier alpha value is -3.69. The number of halogens is 1. The van der Waals surface area contributed by atoms with E-state index in [-0.39, 0.29) is 34.1 Å². The lowest BCUT2D eigenvalue weighted by Gasteiger charge is -2.23. The van der Waals surface area contributed by atoms with Crippen molar-refractivity contribution in [2.75, 3.05) is 11.5 Å². The van der Waals surface area contributed by atoms with Crippen LogP contribution in [0.25, 0.3) is 5.76 Å². The van der Waals surface area contributed by atoms with Crippen molar-refractivity contribution in [2.24, 2.45) is 0 Å². The van der Waals surface area contributed by atoms with E-state index in [1.807, 2.05) is 13.8 Å². The zero-order valence-electron chi connectivity index (χ0n) is 20.6. The maximum atomic E-state index is 13.3. The summed E-state index contributed by atoms with van der Waals surface area (Å²) in [4.78, 5) is 44.9. The SMILES string of the molecule is CCOC(=O)c1sc(N2C(=O)C(=O)/C(=C(/O)c3ccc(OC(C)C)cc3)C2c2cccc(Cl)c2)nc1C. The van der Waals surface area contributed by atoms with Crippen molar-refractivity contribution < 1.29 is 29.0 Å². The van der Waals surface area contributed by atoms with Gasteiger partial charge in [-0.2, -0.15) is 0 Å². The fraction of sp³-hybridized carbons (Fsp3) is 0.259. The Kier molecular flexibility index (Phi) is 7.65. The minimum Gasteiger partial charge on any atom is -0.507 e. The summed E-state index contributed by atoms with van der Waals surface area (Å²) in [5.74, 6) is -2.07. The third-order valence-corrected chi connectivity index (χ3v) is 6.93. The second-order valence-electron chi connectivity index (χ2n) is 8.55. The Bertz CT molecular complexity index is 1400. The monoisotopic (exact) mass is 540 g/mol. The number of aliphatic hydroxyl groups excluding tert-OH is 1. The molecule has 192 valence electrons. The molecule has 4 rings (SSSR count). The number of rotatable bonds is 7. The molecule has 3 aromatic rings. The number of Topliss-reactive ketones (excluding diaryl/α,β-unsaturated/α-hetero) is 1. The molecule has 1 amide bonds. The van der Waals surface area contributed by atoms with Gasteiger partial charge in [0.1, 0.15) is 16.4 Å². The summed E-state index contributed by atoms with van der Waals surface area (Å²) in [7, 11) is 0. The van der Waals surface area contributed by atoms with Crippen LogP contribution in [0.5, 0.6) is 5.75 Å². The van der Waals surface area contributed by atoms with E-state index in [0.29, 0.717) is 27.6 Å². The number of amides is 1. The minimum atomic E-state index is -1.02. The quantitative estimate of drug-likeness (QED) is 0.177. The van der Waals surface area contributed by atoms with Gasteiger partial charge < -0.3 is 14.6 Å². The Morgan fingerprint density at radius 3 is 2.51 bits per heavy atom. The molecule has 1 N–H and O–H groups in total. The Labute approximate surface area is 223 Å². The molecule has 1 atom stereocenters. The summed E-state index contributed by atoms with van der Waals surface area (Å²) < 4.78 is 10.7. The van der Waals surface area contributed by atoms with Crippen LogP contribution < -0.4 is 9.64 Å². The largest absolute Gasteiger partial charge is 0.507 e. The van der Waals surface area contributed by atoms with E-state index in [1.165, 1.54) is 4.90 Å². The van der Waals surface area contributed by atoms with Crippen molar-refractivity contribution in [2.45, 2.75) is 39.8 Å². The summed E-state index contributed by atoms with van der Waals surface area (Å²) in [6, 6.07) is 12.2. The minimum absolute atomic E-state index is 0.0335. The van der Waals surface area contributed by atoms with Crippen molar-refractivity contribution in [3.63, 3.8) is 0 Å². The fourth-order valence-corrected chi connectivity index (χ4v) is 5.20. The molecule has 1 aliphatic rings. The van der Waals surface area contributed by atoms with Crippen molar-refractivity contribution >= 4 is 51.5 Å². The second kappa shape index (κ2) is 10.7. The molecule has 0 radical (unpaired) electrons. The van der Waals surface area contributed by atoms with Gasteiger partial charge in [-0.3, -0.25) is 14.5 Å². The highest BCUT2D eigenvalue weighted by Gasteiger charge is 2.48. The number of benzene rings is 2. The first kappa shape index (κ1) is 26.4. The number of aryl methyl sites for hydroxylation is 1. The van der Waals surface area contributed by atoms with Gasteiger partial charge in [-0.25, -0.2) is 9.78 Å². The van der Waals surface area contributed by atoms with E-state index < -0.39 is 23.7 Å². The lowest BCUT2D eigenvalue weighted by atomic mass is 9.95. The predicted molar refractivity (Wildman–Crippen MR) is 141 cm³/mol. The second-order valence-corrected chi connectivity index (χ2v) is 9.96. The summed E-state index contributed by atoms with van der Waals surface area (Å²) >= 11 is 7.19. The average molecular weight is 541 g/mol. The van der Waals surface area contributed by atoms with Crippen LogP contribution in [0.2, 0.25) is 5.02 Å². The third-order valence-electron chi connectivity index (χ3n) is 5.56. The summed E-state index contributed by atoms with van der Waals surface area (Å²) in [6.07, 6.45) is -0.0335. The van der Waals surface area contributed by atoms with Gasteiger partial charge in [0, 0.05) is 10.6 Å². The highest BCUT2D eigenvalue weighted by molar-refractivity contribution is 7.17. The van der Waals surface area contributed by atoms with Crippen LogP contribution in [0.4, 0.5) is 5.13 Å². The highest BCUT2D eigenvalue weighted by Crippen LogP contribution is 2.44. The maximum Gasteiger partial charge on any atom is 0.350 e. The number of carbonyl (C=O) groups is 3. The standard InChI is InChI=1S/C27H25ClN2O6S/c1-5-35-26(34)24-15(4)29-27(37-24)30-21(17-7-6-8-18(28)13-17)20(23(32)25(30)33)22(31)16-9-11-19(12-10-16)36-14(2)3/h6-14,21,31H,5H2,1-4H3/b22-20+. The number of esters is 1. The maximum absolute atomic E-state index is 13.3. The molecule has 8 nitrogen and oxygen atoms in total. The van der Waals surface area contributed by atoms with E-state index in [0.717, 1.165) is 11.3 Å². The molecule has 0 spiro atoms. The smallest absolute Gasteiger partial charge is 0.350 e. The normalized spacial score (nSPS) is 16.9.